The first kappa shape index (κ1) is 40.4. The van der Waals surface area contributed by atoms with Crippen molar-refractivity contribution >= 4 is 83.4 Å². The molecule has 322 valence electrons. The van der Waals surface area contributed by atoms with Gasteiger partial charge in [-0.05, 0) is 138 Å². The highest BCUT2D eigenvalue weighted by atomic mass is 15.1. The Hall–Kier alpha value is -9.15. The number of hydrogen-bond donors (Lipinski definition) is 1. The van der Waals surface area contributed by atoms with Crippen molar-refractivity contribution in [1.29, 1.82) is 0 Å². The lowest BCUT2D eigenvalue weighted by Crippen LogP contribution is -2.10. The first-order valence-corrected chi connectivity index (χ1v) is 22.9. The molecular weight excluding hydrogens is 829 g/mol. The summed E-state index contributed by atoms with van der Waals surface area (Å²) in [5, 5.41) is 4.76. The Bertz CT molecular complexity index is 3810. The molecule has 12 aromatic rings. The van der Waals surface area contributed by atoms with Gasteiger partial charge in [-0.1, -0.05) is 121 Å². The van der Waals surface area contributed by atoms with Gasteiger partial charge >= 0.3 is 0 Å². The molecule has 0 saturated carbocycles. The number of hydrogen-bond acceptors (Lipinski definition) is 3. The third-order valence-corrected chi connectivity index (χ3v) is 13.1. The Morgan fingerprint density at radius 1 is 0.353 bits per heavy atom. The third kappa shape index (κ3) is 7.03. The minimum absolute atomic E-state index is 0.486. The van der Waals surface area contributed by atoms with E-state index in [0.29, 0.717) is 12.2 Å². The monoisotopic (exact) mass is 872 g/mol. The molecule has 0 aliphatic carbocycles. The number of aromatic nitrogens is 2. The van der Waals surface area contributed by atoms with Crippen LogP contribution in [0.4, 0.5) is 39.8 Å². The zero-order valence-electron chi connectivity index (χ0n) is 37.1. The SMILES string of the molecule is [C-]#[N+]c1ccc(N(c2ccc(-c3ccc(N(c4ccc(CN)cc4)c4ccc5c(c4)c4ccccc4n5-c4ccccc4)cc3)cc2)c2ccc3c(c2)c2ccccc2n3-c2ccccc2)cc1. The Balaban J connectivity index is 0.916. The maximum atomic E-state index is 7.62. The van der Waals surface area contributed by atoms with E-state index in [4.69, 9.17) is 12.3 Å². The number of nitrogens with zero attached hydrogens (tertiary/aromatic N) is 5. The van der Waals surface area contributed by atoms with Gasteiger partial charge in [0, 0.05) is 73.6 Å². The minimum atomic E-state index is 0.486. The lowest BCUT2D eigenvalue weighted by molar-refractivity contribution is 1.07. The molecule has 2 N–H and O–H groups in total. The fourth-order valence-electron chi connectivity index (χ4n) is 9.87. The van der Waals surface area contributed by atoms with Gasteiger partial charge in [0.1, 0.15) is 0 Å². The van der Waals surface area contributed by atoms with Gasteiger partial charge < -0.3 is 24.7 Å². The van der Waals surface area contributed by atoms with E-state index in [1.165, 1.54) is 27.1 Å². The van der Waals surface area contributed by atoms with Gasteiger partial charge in [-0.25, -0.2) is 4.85 Å². The van der Waals surface area contributed by atoms with Crippen LogP contribution < -0.4 is 15.5 Å². The topological polar surface area (TPSA) is 46.7 Å². The van der Waals surface area contributed by atoms with E-state index < -0.39 is 0 Å². The predicted molar refractivity (Wildman–Crippen MR) is 284 cm³/mol. The summed E-state index contributed by atoms with van der Waals surface area (Å²) in [6, 6.07) is 85.9. The highest BCUT2D eigenvalue weighted by Gasteiger charge is 2.20. The zero-order chi connectivity index (χ0) is 45.6. The molecule has 0 aliphatic heterocycles. The smallest absolute Gasteiger partial charge is 0.187 e. The molecule has 0 bridgehead atoms. The van der Waals surface area contributed by atoms with E-state index in [-0.39, 0.29) is 0 Å². The van der Waals surface area contributed by atoms with Crippen molar-refractivity contribution in [2.24, 2.45) is 5.73 Å². The summed E-state index contributed by atoms with van der Waals surface area (Å²) in [6.45, 7) is 8.11. The molecule has 10 aromatic carbocycles. The fraction of sp³-hybridized carbons (Fsp3) is 0.0161. The van der Waals surface area contributed by atoms with Crippen LogP contribution in [0.5, 0.6) is 0 Å². The molecule has 0 aliphatic rings. The van der Waals surface area contributed by atoms with Crippen molar-refractivity contribution < 1.29 is 0 Å². The van der Waals surface area contributed by atoms with Crippen molar-refractivity contribution in [3.63, 3.8) is 0 Å². The molecule has 12 rings (SSSR count). The zero-order valence-corrected chi connectivity index (χ0v) is 37.1. The average molecular weight is 873 g/mol. The number of anilines is 6. The minimum Gasteiger partial charge on any atom is -0.326 e. The summed E-state index contributed by atoms with van der Waals surface area (Å²) in [4.78, 5) is 8.28. The Morgan fingerprint density at radius 3 is 1.12 bits per heavy atom. The molecule has 0 amide bonds. The first-order chi connectivity index (χ1) is 33.6. The summed E-state index contributed by atoms with van der Waals surface area (Å²) in [5.41, 5.74) is 23.1. The van der Waals surface area contributed by atoms with Crippen molar-refractivity contribution in [3.8, 4) is 22.5 Å². The van der Waals surface area contributed by atoms with Crippen LogP contribution in [0, 0.1) is 6.57 Å². The van der Waals surface area contributed by atoms with Crippen LogP contribution >= 0.6 is 0 Å². The van der Waals surface area contributed by atoms with Gasteiger partial charge in [0.05, 0.1) is 28.6 Å². The Labute approximate surface area is 395 Å². The molecule has 0 radical (unpaired) electrons. The van der Waals surface area contributed by atoms with Crippen LogP contribution in [0.1, 0.15) is 5.56 Å². The maximum Gasteiger partial charge on any atom is 0.187 e. The largest absolute Gasteiger partial charge is 0.326 e. The summed E-state index contributed by atoms with van der Waals surface area (Å²) in [7, 11) is 0. The second-order valence-corrected chi connectivity index (χ2v) is 17.0. The lowest BCUT2D eigenvalue weighted by atomic mass is 10.0. The van der Waals surface area contributed by atoms with E-state index >= 15 is 0 Å². The molecule has 0 unspecified atom stereocenters. The van der Waals surface area contributed by atoms with E-state index in [0.717, 1.165) is 78.7 Å². The van der Waals surface area contributed by atoms with Crippen LogP contribution in [0.3, 0.4) is 0 Å². The maximum absolute atomic E-state index is 7.62. The second kappa shape index (κ2) is 17.0. The lowest BCUT2D eigenvalue weighted by Gasteiger charge is -2.26. The van der Waals surface area contributed by atoms with E-state index in [2.05, 4.69) is 242 Å². The molecule has 68 heavy (non-hydrogen) atoms. The normalized spacial score (nSPS) is 11.4. The van der Waals surface area contributed by atoms with Crippen LogP contribution in [0.15, 0.2) is 243 Å². The van der Waals surface area contributed by atoms with Crippen LogP contribution in [0.25, 0.3) is 71.0 Å². The van der Waals surface area contributed by atoms with Crippen LogP contribution in [-0.2, 0) is 6.54 Å². The number of rotatable bonds is 10. The highest BCUT2D eigenvalue weighted by molar-refractivity contribution is 6.12. The molecule has 6 nitrogen and oxygen atoms in total. The Morgan fingerprint density at radius 2 is 0.706 bits per heavy atom. The molecule has 0 saturated heterocycles. The van der Waals surface area contributed by atoms with Crippen molar-refractivity contribution in [2.75, 3.05) is 9.80 Å². The van der Waals surface area contributed by atoms with E-state index in [9.17, 15) is 0 Å². The Kier molecular flexibility index (Phi) is 10.1. The van der Waals surface area contributed by atoms with Crippen molar-refractivity contribution in [1.82, 2.24) is 9.13 Å². The summed E-state index contributed by atoms with van der Waals surface area (Å²) < 4.78 is 4.69. The van der Waals surface area contributed by atoms with Gasteiger partial charge in [-0.3, -0.25) is 0 Å². The highest BCUT2D eigenvalue weighted by Crippen LogP contribution is 2.43. The first-order valence-electron chi connectivity index (χ1n) is 22.9. The molecule has 2 aromatic heterocycles. The molecule has 2 heterocycles. The van der Waals surface area contributed by atoms with Crippen LogP contribution in [0.2, 0.25) is 0 Å². The summed E-state index contributed by atoms with van der Waals surface area (Å²) in [6.07, 6.45) is 0. The molecule has 0 spiro atoms. The number of benzene rings is 10. The third-order valence-electron chi connectivity index (χ3n) is 13.1. The van der Waals surface area contributed by atoms with E-state index in [1.807, 2.05) is 24.3 Å². The van der Waals surface area contributed by atoms with Crippen LogP contribution in [-0.4, -0.2) is 9.13 Å². The number of fused-ring (bicyclic) bond motifs is 6. The van der Waals surface area contributed by atoms with Crippen molar-refractivity contribution in [3.05, 3.63) is 260 Å². The summed E-state index contributed by atoms with van der Waals surface area (Å²) >= 11 is 0. The second-order valence-electron chi connectivity index (χ2n) is 17.0. The quantitative estimate of drug-likeness (QED) is 0.139. The number of nitrogens with two attached hydrogens (primary N) is 1. The summed E-state index contributed by atoms with van der Waals surface area (Å²) in [5.74, 6) is 0. The molecular formula is C62H44N6. The van der Waals surface area contributed by atoms with Gasteiger partial charge in [0.2, 0.25) is 0 Å². The van der Waals surface area contributed by atoms with Gasteiger partial charge in [0.15, 0.2) is 5.69 Å². The van der Waals surface area contributed by atoms with Gasteiger partial charge in [0.25, 0.3) is 0 Å². The number of para-hydroxylation sites is 4. The van der Waals surface area contributed by atoms with Crippen molar-refractivity contribution in [2.45, 2.75) is 6.54 Å². The van der Waals surface area contributed by atoms with Gasteiger partial charge in [-0.15, -0.1) is 0 Å². The van der Waals surface area contributed by atoms with E-state index in [1.54, 1.807) is 0 Å². The molecule has 0 atom stereocenters. The fourth-order valence-corrected chi connectivity index (χ4v) is 9.87. The standard InChI is InChI=1S/C62H44N6/c1-64-46-26-34-52(35-27-46)66(54-37-39-62-58(41-54)56-17-9-11-19-60(56)68(62)48-14-6-3-7-15-48)51-32-24-45(25-33-51)44-22-30-50(31-23-44)65(49-28-20-43(42-63)21-29-49)53-36-38-61-57(40-53)55-16-8-10-18-59(55)67(61)47-12-4-2-5-13-47/h2-41H,42,63H2. The molecule has 6 heteroatoms. The predicted octanol–water partition coefficient (Wildman–Crippen LogP) is 16.5. The average Bonchev–Trinajstić information content (AvgIpc) is 3.92. The van der Waals surface area contributed by atoms with Gasteiger partial charge in [-0.2, -0.15) is 0 Å². The molecule has 0 fully saturated rings.